The monoisotopic (exact) mass is 290 g/mol. The maximum Gasteiger partial charge on any atom is 0.149 e. The predicted octanol–water partition coefficient (Wildman–Crippen LogP) is 3.48. The molecule has 0 N–H and O–H groups in total. The molecule has 0 saturated heterocycles. The summed E-state index contributed by atoms with van der Waals surface area (Å²) in [7, 11) is 3.96. The minimum absolute atomic E-state index is 0.0510. The van der Waals surface area contributed by atoms with Crippen LogP contribution >= 0.6 is 11.6 Å². The highest BCUT2D eigenvalue weighted by Crippen LogP contribution is 2.25. The van der Waals surface area contributed by atoms with Gasteiger partial charge in [0.2, 0.25) is 0 Å². The molecule has 5 heteroatoms. The van der Waals surface area contributed by atoms with Gasteiger partial charge in [-0.2, -0.15) is 0 Å². The molecule has 0 unspecified atom stereocenters. The Hall–Kier alpha value is -0.870. The van der Waals surface area contributed by atoms with E-state index in [-0.39, 0.29) is 11.6 Å². The quantitative estimate of drug-likeness (QED) is 0.710. The smallest absolute Gasteiger partial charge is 0.149 e. The molecule has 0 aromatic heterocycles. The third-order valence-electron chi connectivity index (χ3n) is 2.96. The third kappa shape index (κ3) is 4.62. The van der Waals surface area contributed by atoms with Crippen LogP contribution in [0.25, 0.3) is 0 Å². The molecule has 0 heterocycles. The van der Waals surface area contributed by atoms with Gasteiger partial charge in [0, 0.05) is 19.0 Å². The van der Waals surface area contributed by atoms with E-state index in [4.69, 9.17) is 11.6 Å². The first-order valence-corrected chi connectivity index (χ1v) is 6.96. The lowest BCUT2D eigenvalue weighted by molar-refractivity contribution is 0.400. The highest BCUT2D eigenvalue weighted by Gasteiger charge is 2.16. The highest BCUT2D eigenvalue weighted by atomic mass is 35.5. The van der Waals surface area contributed by atoms with Crippen molar-refractivity contribution in [1.82, 2.24) is 4.90 Å². The minimum atomic E-state index is -0.539. The summed E-state index contributed by atoms with van der Waals surface area (Å²) in [4.78, 5) is 3.78. The van der Waals surface area contributed by atoms with Crippen molar-refractivity contribution in [3.8, 4) is 0 Å². The van der Waals surface area contributed by atoms with Crippen LogP contribution in [0.3, 0.4) is 0 Å². The molecule has 0 bridgehead atoms. The third-order valence-corrected chi connectivity index (χ3v) is 3.27. The van der Waals surface area contributed by atoms with Crippen molar-refractivity contribution in [3.05, 3.63) is 29.3 Å². The van der Waals surface area contributed by atoms with Gasteiger partial charge in [-0.15, -0.1) is 11.6 Å². The molecule has 19 heavy (non-hydrogen) atoms. The van der Waals surface area contributed by atoms with Crippen LogP contribution in [0.1, 0.15) is 18.9 Å². The van der Waals surface area contributed by atoms with E-state index in [0.29, 0.717) is 18.7 Å². The number of benzene rings is 1. The van der Waals surface area contributed by atoms with Crippen molar-refractivity contribution in [1.29, 1.82) is 0 Å². The van der Waals surface area contributed by atoms with Gasteiger partial charge in [-0.05, 0) is 51.7 Å². The molecule has 108 valence electrons. The lowest BCUT2D eigenvalue weighted by atomic mass is 10.2. The molecule has 0 saturated carbocycles. The largest absolute Gasteiger partial charge is 0.367 e. The maximum absolute atomic E-state index is 14.0. The maximum atomic E-state index is 14.0. The summed E-state index contributed by atoms with van der Waals surface area (Å²) in [6.07, 6.45) is 0.858. The standard InChI is InChI=1S/C14H21ClF2N2/c1-4-19(7-5-6-18(2)3)14-12(16)8-11(10-15)9-13(14)17/h8-9H,4-7,10H2,1-3H3. The Labute approximate surface area is 119 Å². The van der Waals surface area contributed by atoms with Crippen LogP contribution in [-0.2, 0) is 5.88 Å². The molecule has 1 rings (SSSR count). The zero-order chi connectivity index (χ0) is 14.4. The summed E-state index contributed by atoms with van der Waals surface area (Å²) in [6, 6.07) is 2.61. The molecule has 0 fully saturated rings. The van der Waals surface area contributed by atoms with Crippen LogP contribution < -0.4 is 4.90 Å². The van der Waals surface area contributed by atoms with Gasteiger partial charge in [0.1, 0.15) is 17.3 Å². The summed E-state index contributed by atoms with van der Waals surface area (Å²) in [6.45, 7) is 3.98. The molecule has 0 aliphatic carbocycles. The number of hydrogen-bond acceptors (Lipinski definition) is 2. The summed E-state index contributed by atoms with van der Waals surface area (Å²) in [5.41, 5.74) is 0.514. The molecular formula is C14H21ClF2N2. The zero-order valence-corrected chi connectivity index (χ0v) is 12.5. The lowest BCUT2D eigenvalue weighted by Gasteiger charge is -2.25. The van der Waals surface area contributed by atoms with Crippen molar-refractivity contribution in [3.63, 3.8) is 0 Å². The van der Waals surface area contributed by atoms with Crippen LogP contribution in [-0.4, -0.2) is 38.6 Å². The van der Waals surface area contributed by atoms with Gasteiger partial charge in [0.15, 0.2) is 0 Å². The summed E-state index contributed by atoms with van der Waals surface area (Å²) >= 11 is 5.60. The Bertz CT molecular complexity index is 387. The Morgan fingerprint density at radius 2 is 1.68 bits per heavy atom. The fourth-order valence-electron chi connectivity index (χ4n) is 2.00. The van der Waals surface area contributed by atoms with Gasteiger partial charge in [0.05, 0.1) is 0 Å². The molecule has 1 aromatic carbocycles. The topological polar surface area (TPSA) is 6.48 Å². The van der Waals surface area contributed by atoms with Gasteiger partial charge >= 0.3 is 0 Å². The predicted molar refractivity (Wildman–Crippen MR) is 77.0 cm³/mol. The van der Waals surface area contributed by atoms with Gasteiger partial charge in [0.25, 0.3) is 0 Å². The van der Waals surface area contributed by atoms with Crippen molar-refractivity contribution in [2.24, 2.45) is 0 Å². The number of rotatable bonds is 7. The minimum Gasteiger partial charge on any atom is -0.367 e. The van der Waals surface area contributed by atoms with E-state index in [2.05, 4.69) is 4.90 Å². The molecule has 2 nitrogen and oxygen atoms in total. The van der Waals surface area contributed by atoms with Crippen LogP contribution in [0.15, 0.2) is 12.1 Å². The Morgan fingerprint density at radius 1 is 1.11 bits per heavy atom. The average molecular weight is 291 g/mol. The Morgan fingerprint density at radius 3 is 2.11 bits per heavy atom. The SMILES string of the molecule is CCN(CCCN(C)C)c1c(F)cc(CCl)cc1F. The second kappa shape index (κ2) is 7.65. The Kier molecular flexibility index (Phi) is 6.52. The molecule has 1 aromatic rings. The van der Waals surface area contributed by atoms with Gasteiger partial charge in [-0.25, -0.2) is 8.78 Å². The normalized spacial score (nSPS) is 11.1. The van der Waals surface area contributed by atoms with Crippen LogP contribution in [0.5, 0.6) is 0 Å². The second-order valence-corrected chi connectivity index (χ2v) is 5.05. The first-order valence-electron chi connectivity index (χ1n) is 6.43. The van der Waals surface area contributed by atoms with Gasteiger partial charge < -0.3 is 9.80 Å². The molecule has 0 spiro atoms. The molecular weight excluding hydrogens is 270 g/mol. The van der Waals surface area contributed by atoms with E-state index >= 15 is 0 Å². The number of halogens is 3. The summed E-state index contributed by atoms with van der Waals surface area (Å²) in [5.74, 6) is -0.967. The fraction of sp³-hybridized carbons (Fsp3) is 0.571. The van der Waals surface area contributed by atoms with Crippen LogP contribution in [0.2, 0.25) is 0 Å². The van der Waals surface area contributed by atoms with Crippen molar-refractivity contribution >= 4 is 17.3 Å². The first-order chi connectivity index (χ1) is 8.99. The van der Waals surface area contributed by atoms with E-state index in [1.807, 2.05) is 21.0 Å². The van der Waals surface area contributed by atoms with Crippen molar-refractivity contribution in [2.45, 2.75) is 19.2 Å². The molecule has 0 aliphatic rings. The van der Waals surface area contributed by atoms with E-state index in [9.17, 15) is 8.78 Å². The fourth-order valence-corrected chi connectivity index (χ4v) is 2.16. The molecule has 0 atom stereocenters. The highest BCUT2D eigenvalue weighted by molar-refractivity contribution is 6.17. The van der Waals surface area contributed by atoms with E-state index < -0.39 is 11.6 Å². The first kappa shape index (κ1) is 16.2. The van der Waals surface area contributed by atoms with Crippen molar-refractivity contribution < 1.29 is 8.78 Å². The van der Waals surface area contributed by atoms with Gasteiger partial charge in [-0.3, -0.25) is 0 Å². The molecule has 0 radical (unpaired) electrons. The number of alkyl halides is 1. The van der Waals surface area contributed by atoms with E-state index in [1.165, 1.54) is 12.1 Å². The summed E-state index contributed by atoms with van der Waals surface area (Å²) < 4.78 is 27.9. The lowest BCUT2D eigenvalue weighted by Crippen LogP contribution is -2.28. The van der Waals surface area contributed by atoms with Crippen molar-refractivity contribution in [2.75, 3.05) is 38.6 Å². The number of hydrogen-bond donors (Lipinski definition) is 0. The Balaban J connectivity index is 2.86. The number of anilines is 1. The van der Waals surface area contributed by atoms with Gasteiger partial charge in [-0.1, -0.05) is 0 Å². The molecule has 0 amide bonds. The van der Waals surface area contributed by atoms with Crippen LogP contribution in [0, 0.1) is 11.6 Å². The average Bonchev–Trinajstić information content (AvgIpc) is 2.35. The van der Waals surface area contributed by atoms with E-state index in [0.717, 1.165) is 13.0 Å². The molecule has 0 aliphatic heterocycles. The summed E-state index contributed by atoms with van der Waals surface area (Å²) in [5, 5.41) is 0. The van der Waals surface area contributed by atoms with Crippen LogP contribution in [0.4, 0.5) is 14.5 Å². The van der Waals surface area contributed by atoms with E-state index in [1.54, 1.807) is 4.90 Å². The zero-order valence-electron chi connectivity index (χ0n) is 11.7. The number of nitrogens with zero attached hydrogens (tertiary/aromatic N) is 2. The second-order valence-electron chi connectivity index (χ2n) is 4.78.